The molecule has 0 saturated carbocycles. The van der Waals surface area contributed by atoms with Gasteiger partial charge < -0.3 is 9.47 Å². The summed E-state index contributed by atoms with van der Waals surface area (Å²) < 4.78 is 10.6. The normalized spacial score (nSPS) is 12.9. The van der Waals surface area contributed by atoms with Crippen molar-refractivity contribution in [2.75, 3.05) is 20.8 Å². The van der Waals surface area contributed by atoms with Crippen molar-refractivity contribution in [1.29, 1.82) is 0 Å². The molecule has 0 spiro atoms. The largest absolute Gasteiger partial charge is 0.493 e. The lowest BCUT2D eigenvalue weighted by Crippen LogP contribution is -2.77. The van der Waals surface area contributed by atoms with Gasteiger partial charge in [0.25, 0.3) is 0 Å². The fourth-order valence-electron chi connectivity index (χ4n) is 2.89. The summed E-state index contributed by atoms with van der Waals surface area (Å²) in [5, 5.41) is 0. The zero-order valence-electron chi connectivity index (χ0n) is 16.5. The van der Waals surface area contributed by atoms with Gasteiger partial charge in [-0.25, -0.2) is 0 Å². The molecule has 2 aromatic carbocycles. The lowest BCUT2D eigenvalue weighted by atomic mass is 9.95. The number of hydrogen-bond acceptors (Lipinski definition) is 2. The molecule has 1 atom stereocenters. The van der Waals surface area contributed by atoms with E-state index in [2.05, 4.69) is 50.0 Å². The van der Waals surface area contributed by atoms with E-state index in [-0.39, 0.29) is 5.92 Å². The van der Waals surface area contributed by atoms with Gasteiger partial charge in [0.15, 0.2) is 11.5 Å². The van der Waals surface area contributed by atoms with Crippen LogP contribution >= 0.6 is 0 Å². The number of methoxy groups -OCH3 is 2. The average Bonchev–Trinajstić information content (AvgIpc) is 2.67. The molecule has 0 aliphatic rings. The van der Waals surface area contributed by atoms with E-state index in [1.165, 1.54) is 16.7 Å². The second-order valence-corrected chi connectivity index (χ2v) is 6.86. The Hall–Kier alpha value is -2.49. The molecule has 0 fully saturated rings. The first-order valence-corrected chi connectivity index (χ1v) is 9.13. The average molecular weight is 356 g/mol. The highest BCUT2D eigenvalue weighted by molar-refractivity contribution is 5.81. The molecule has 0 unspecified atom stereocenters. The minimum atomic E-state index is 0.168. The third-order valence-electron chi connectivity index (χ3n) is 4.76. The predicted octanol–water partition coefficient (Wildman–Crippen LogP) is 2.61. The molecule has 0 aromatic heterocycles. The van der Waals surface area contributed by atoms with Crippen LogP contribution in [-0.4, -0.2) is 26.6 Å². The molecule has 0 saturated heterocycles. The highest BCUT2D eigenvalue weighted by Gasteiger charge is 2.15. The first-order valence-electron chi connectivity index (χ1n) is 9.13. The van der Waals surface area contributed by atoms with Crippen molar-refractivity contribution in [3.8, 4) is 11.5 Å². The lowest BCUT2D eigenvalue weighted by molar-refractivity contribution is -0.459. The van der Waals surface area contributed by atoms with Gasteiger partial charge in [0.1, 0.15) is 0 Å². The molecule has 0 radical (unpaired) electrons. The van der Waals surface area contributed by atoms with Gasteiger partial charge in [-0.05, 0) is 41.7 Å². The van der Waals surface area contributed by atoms with Crippen LogP contribution in [0, 0.1) is 0 Å². The van der Waals surface area contributed by atoms with Crippen molar-refractivity contribution >= 4 is 5.84 Å². The Balaban J connectivity index is 1.99. The summed E-state index contributed by atoms with van der Waals surface area (Å²) in [7, 11) is 3.29. The molecule has 0 heterocycles. The molecular weight excluding hydrogens is 324 g/mol. The first kappa shape index (κ1) is 19.8. The second kappa shape index (κ2) is 9.27. The molecule has 4 heteroatoms. The van der Waals surface area contributed by atoms with Crippen molar-refractivity contribution in [3.63, 3.8) is 0 Å². The third-order valence-corrected chi connectivity index (χ3v) is 4.76. The van der Waals surface area contributed by atoms with Gasteiger partial charge in [0.2, 0.25) is 5.84 Å². The van der Waals surface area contributed by atoms with E-state index < -0.39 is 0 Å². The molecule has 0 bridgehead atoms. The van der Waals surface area contributed by atoms with Gasteiger partial charge in [0, 0.05) is 6.42 Å². The topological polar surface area (TPSA) is 58.5 Å². The molecule has 2 aromatic rings. The molecule has 3 N–H and O–H groups in total. The molecular formula is C22H31N2O2+. The Bertz CT molecular complexity index is 736. The van der Waals surface area contributed by atoms with Crippen molar-refractivity contribution in [1.82, 2.24) is 0 Å². The van der Waals surface area contributed by atoms with Crippen molar-refractivity contribution in [3.05, 3.63) is 59.2 Å². The van der Waals surface area contributed by atoms with E-state index in [0.717, 1.165) is 30.3 Å². The van der Waals surface area contributed by atoms with Gasteiger partial charge in [0.05, 0.1) is 26.7 Å². The number of amidine groups is 1. The number of nitrogens with two attached hydrogens (primary N) is 1. The molecule has 26 heavy (non-hydrogen) atoms. The first-order chi connectivity index (χ1) is 12.5. The molecule has 0 aliphatic carbocycles. The maximum Gasteiger partial charge on any atom is 0.247 e. The summed E-state index contributed by atoms with van der Waals surface area (Å²) in [6.07, 6.45) is 0.861. The summed E-state index contributed by atoms with van der Waals surface area (Å²) >= 11 is 0. The van der Waals surface area contributed by atoms with E-state index in [9.17, 15) is 0 Å². The van der Waals surface area contributed by atoms with Crippen LogP contribution in [0.25, 0.3) is 0 Å². The summed E-state index contributed by atoms with van der Waals surface area (Å²) in [6, 6.07) is 14.7. The summed E-state index contributed by atoms with van der Waals surface area (Å²) in [6.45, 7) is 7.31. The Morgan fingerprint density at radius 3 is 2.12 bits per heavy atom. The number of hydrogen-bond donors (Lipinski definition) is 2. The zero-order chi connectivity index (χ0) is 19.1. The van der Waals surface area contributed by atoms with Gasteiger partial charge >= 0.3 is 0 Å². The maximum absolute atomic E-state index is 6.27. The SMILES string of the molecule is COc1ccc(CC[NH+]=C(N)[C@H](C)c2ccc(C(C)C)cc2)cc1OC. The third kappa shape index (κ3) is 5.01. The van der Waals surface area contributed by atoms with Crippen molar-refractivity contribution in [2.24, 2.45) is 5.73 Å². The van der Waals surface area contributed by atoms with Crippen LogP contribution in [0.5, 0.6) is 11.5 Å². The number of rotatable bonds is 8. The van der Waals surface area contributed by atoms with Gasteiger partial charge in [-0.1, -0.05) is 44.2 Å². The van der Waals surface area contributed by atoms with E-state index in [4.69, 9.17) is 15.2 Å². The van der Waals surface area contributed by atoms with Crippen LogP contribution < -0.4 is 20.2 Å². The maximum atomic E-state index is 6.27. The molecule has 140 valence electrons. The fourth-order valence-corrected chi connectivity index (χ4v) is 2.89. The highest BCUT2D eigenvalue weighted by Crippen LogP contribution is 2.27. The Labute approximate surface area is 157 Å². The van der Waals surface area contributed by atoms with Crippen LogP contribution in [-0.2, 0) is 6.42 Å². The molecule has 0 amide bonds. The van der Waals surface area contributed by atoms with Gasteiger partial charge in [-0.15, -0.1) is 0 Å². The lowest BCUT2D eigenvalue weighted by Gasteiger charge is -2.11. The number of benzene rings is 2. The van der Waals surface area contributed by atoms with Gasteiger partial charge in [-0.3, -0.25) is 10.7 Å². The molecule has 2 rings (SSSR count). The quantitative estimate of drug-likeness (QED) is 0.565. The smallest absolute Gasteiger partial charge is 0.247 e. The number of ether oxygens (including phenoxy) is 2. The van der Waals surface area contributed by atoms with E-state index in [1.54, 1.807) is 14.2 Å². The summed E-state index contributed by atoms with van der Waals surface area (Å²) in [5.41, 5.74) is 10.0. The van der Waals surface area contributed by atoms with Gasteiger partial charge in [-0.2, -0.15) is 0 Å². The minimum Gasteiger partial charge on any atom is -0.493 e. The standard InChI is InChI=1S/C22H30N2O2/c1-15(2)18-7-9-19(10-8-18)16(3)22(23)24-13-12-17-6-11-20(25-4)21(14-17)26-5/h6-11,14-16H,12-13H2,1-5H3,(H2,23,24)/p+1/t16-/m1/s1. The number of nitrogens with one attached hydrogen (secondary N) is 1. The Kier molecular flexibility index (Phi) is 7.07. The summed E-state index contributed by atoms with van der Waals surface area (Å²) in [4.78, 5) is 3.36. The monoisotopic (exact) mass is 355 g/mol. The fraction of sp³-hybridized carbons (Fsp3) is 0.409. The molecule has 0 aliphatic heterocycles. The van der Waals surface area contributed by atoms with Crippen LogP contribution in [0.3, 0.4) is 0 Å². The Morgan fingerprint density at radius 2 is 1.54 bits per heavy atom. The van der Waals surface area contributed by atoms with Crippen LogP contribution in [0.1, 0.15) is 49.3 Å². The van der Waals surface area contributed by atoms with Crippen LogP contribution in [0.2, 0.25) is 0 Å². The zero-order valence-corrected chi connectivity index (χ0v) is 16.5. The van der Waals surface area contributed by atoms with E-state index in [1.807, 2.05) is 18.2 Å². The summed E-state index contributed by atoms with van der Waals surface area (Å²) in [5.74, 6) is 3.00. The van der Waals surface area contributed by atoms with Crippen LogP contribution in [0.15, 0.2) is 42.5 Å². The van der Waals surface area contributed by atoms with Crippen molar-refractivity contribution < 1.29 is 14.5 Å². The van der Waals surface area contributed by atoms with E-state index in [0.29, 0.717) is 5.92 Å². The Morgan fingerprint density at radius 1 is 0.923 bits per heavy atom. The predicted molar refractivity (Wildman–Crippen MR) is 107 cm³/mol. The molecule has 4 nitrogen and oxygen atoms in total. The minimum absolute atomic E-state index is 0.168. The second-order valence-electron chi connectivity index (χ2n) is 6.86. The van der Waals surface area contributed by atoms with Crippen LogP contribution in [0.4, 0.5) is 0 Å². The highest BCUT2D eigenvalue weighted by atomic mass is 16.5. The van der Waals surface area contributed by atoms with E-state index >= 15 is 0 Å². The van der Waals surface area contributed by atoms with Crippen molar-refractivity contribution in [2.45, 2.75) is 39.0 Å².